The summed E-state index contributed by atoms with van der Waals surface area (Å²) in [4.78, 5) is 24.7. The summed E-state index contributed by atoms with van der Waals surface area (Å²) in [7, 11) is 1.31. The van der Waals surface area contributed by atoms with Gasteiger partial charge in [-0.1, -0.05) is 0 Å². The molecule has 6 heteroatoms. The first kappa shape index (κ1) is 12.2. The third kappa shape index (κ3) is 2.37. The summed E-state index contributed by atoms with van der Waals surface area (Å²) in [6.45, 7) is 1.58. The SMILES string of the molecule is COC(=O)c1cc(N2CCNC(=O)C2)ccc1N. The third-order valence-electron chi connectivity index (χ3n) is 2.85. The highest BCUT2D eigenvalue weighted by molar-refractivity contribution is 5.96. The van der Waals surface area contributed by atoms with Crippen LogP contribution >= 0.6 is 0 Å². The molecule has 1 aromatic carbocycles. The van der Waals surface area contributed by atoms with Crippen LogP contribution in [0.1, 0.15) is 10.4 Å². The monoisotopic (exact) mass is 249 g/mol. The molecule has 0 atom stereocenters. The highest BCUT2D eigenvalue weighted by Crippen LogP contribution is 2.22. The number of ether oxygens (including phenoxy) is 1. The number of benzene rings is 1. The number of esters is 1. The van der Waals surface area contributed by atoms with Gasteiger partial charge in [0, 0.05) is 24.5 Å². The summed E-state index contributed by atoms with van der Waals surface area (Å²) in [5.41, 5.74) is 7.20. The fourth-order valence-corrected chi connectivity index (χ4v) is 1.89. The highest BCUT2D eigenvalue weighted by atomic mass is 16.5. The molecule has 0 radical (unpaired) electrons. The molecule has 3 N–H and O–H groups in total. The quantitative estimate of drug-likeness (QED) is 0.569. The van der Waals surface area contributed by atoms with Gasteiger partial charge in [-0.25, -0.2) is 4.79 Å². The third-order valence-corrected chi connectivity index (χ3v) is 2.85. The minimum atomic E-state index is -0.476. The van der Waals surface area contributed by atoms with E-state index in [1.165, 1.54) is 7.11 Å². The standard InChI is InChI=1S/C12H15N3O3/c1-18-12(17)9-6-8(2-3-10(9)13)15-5-4-14-11(16)7-15/h2-3,6H,4-5,7,13H2,1H3,(H,14,16). The minimum absolute atomic E-state index is 0.0299. The van der Waals surface area contributed by atoms with Gasteiger partial charge in [-0.05, 0) is 18.2 Å². The molecule has 0 saturated carbocycles. The van der Waals surface area contributed by atoms with E-state index in [2.05, 4.69) is 10.1 Å². The second-order valence-corrected chi connectivity index (χ2v) is 4.03. The number of nitrogens with zero attached hydrogens (tertiary/aromatic N) is 1. The van der Waals surface area contributed by atoms with Crippen LogP contribution in [0.5, 0.6) is 0 Å². The van der Waals surface area contributed by atoms with Crippen molar-refractivity contribution in [3.05, 3.63) is 23.8 Å². The smallest absolute Gasteiger partial charge is 0.340 e. The fourth-order valence-electron chi connectivity index (χ4n) is 1.89. The number of piperazine rings is 1. The number of methoxy groups -OCH3 is 1. The summed E-state index contributed by atoms with van der Waals surface area (Å²) >= 11 is 0. The van der Waals surface area contributed by atoms with Crippen LogP contribution in [-0.2, 0) is 9.53 Å². The van der Waals surface area contributed by atoms with Crippen LogP contribution in [-0.4, -0.2) is 38.6 Å². The molecule has 18 heavy (non-hydrogen) atoms. The Kier molecular flexibility index (Phi) is 3.36. The van der Waals surface area contributed by atoms with Crippen molar-refractivity contribution in [2.75, 3.05) is 37.4 Å². The Labute approximate surface area is 105 Å². The summed E-state index contributed by atoms with van der Waals surface area (Å²) < 4.78 is 4.66. The Morgan fingerprint density at radius 3 is 2.94 bits per heavy atom. The summed E-state index contributed by atoms with van der Waals surface area (Å²) in [6, 6.07) is 5.09. The molecule has 2 rings (SSSR count). The summed E-state index contributed by atoms with van der Waals surface area (Å²) in [5, 5.41) is 2.74. The first-order valence-electron chi connectivity index (χ1n) is 5.61. The van der Waals surface area contributed by atoms with E-state index in [0.717, 1.165) is 5.69 Å². The second kappa shape index (κ2) is 4.95. The number of rotatable bonds is 2. The van der Waals surface area contributed by atoms with E-state index in [1.807, 2.05) is 4.90 Å². The predicted molar refractivity (Wildman–Crippen MR) is 67.4 cm³/mol. The van der Waals surface area contributed by atoms with Crippen LogP contribution in [0.15, 0.2) is 18.2 Å². The Hall–Kier alpha value is -2.24. The number of nitrogens with two attached hydrogens (primary N) is 1. The van der Waals surface area contributed by atoms with E-state index >= 15 is 0 Å². The molecule has 1 aromatic rings. The molecular weight excluding hydrogens is 234 g/mol. The summed E-state index contributed by atoms with van der Waals surface area (Å²) in [6.07, 6.45) is 0. The predicted octanol–water partition coefficient (Wildman–Crippen LogP) is -0.00840. The number of hydrogen-bond acceptors (Lipinski definition) is 5. The average Bonchev–Trinajstić information content (AvgIpc) is 2.38. The zero-order valence-corrected chi connectivity index (χ0v) is 10.1. The molecule has 0 aliphatic carbocycles. The van der Waals surface area contributed by atoms with Gasteiger partial charge in [-0.15, -0.1) is 0 Å². The molecule has 1 amide bonds. The zero-order chi connectivity index (χ0) is 13.1. The maximum atomic E-state index is 11.5. The number of anilines is 2. The van der Waals surface area contributed by atoms with Gasteiger partial charge in [0.2, 0.25) is 5.91 Å². The number of nitrogen functional groups attached to an aromatic ring is 1. The number of nitrogens with one attached hydrogen (secondary N) is 1. The molecule has 1 saturated heterocycles. The Morgan fingerprint density at radius 1 is 1.50 bits per heavy atom. The van der Waals surface area contributed by atoms with E-state index in [0.29, 0.717) is 24.3 Å². The van der Waals surface area contributed by atoms with Gasteiger partial charge in [-0.3, -0.25) is 4.79 Å². The van der Waals surface area contributed by atoms with Crippen LogP contribution in [0.2, 0.25) is 0 Å². The highest BCUT2D eigenvalue weighted by Gasteiger charge is 2.18. The first-order chi connectivity index (χ1) is 8.61. The van der Waals surface area contributed by atoms with Gasteiger partial charge in [0.25, 0.3) is 0 Å². The van der Waals surface area contributed by atoms with Crippen LogP contribution in [0, 0.1) is 0 Å². The molecule has 1 aliphatic heterocycles. The van der Waals surface area contributed by atoms with Gasteiger partial charge < -0.3 is 20.7 Å². The van der Waals surface area contributed by atoms with Crippen molar-refractivity contribution < 1.29 is 14.3 Å². The lowest BCUT2D eigenvalue weighted by Crippen LogP contribution is -2.47. The molecule has 1 aliphatic rings. The molecule has 1 fully saturated rings. The Morgan fingerprint density at radius 2 is 2.28 bits per heavy atom. The van der Waals surface area contributed by atoms with Gasteiger partial charge in [0.1, 0.15) is 0 Å². The molecular formula is C12H15N3O3. The van der Waals surface area contributed by atoms with Crippen molar-refractivity contribution in [3.8, 4) is 0 Å². The maximum absolute atomic E-state index is 11.5. The topological polar surface area (TPSA) is 84.7 Å². The molecule has 0 spiro atoms. The largest absolute Gasteiger partial charge is 0.465 e. The van der Waals surface area contributed by atoms with Crippen molar-refractivity contribution in [1.82, 2.24) is 5.32 Å². The molecule has 0 unspecified atom stereocenters. The number of amides is 1. The van der Waals surface area contributed by atoms with E-state index in [1.54, 1.807) is 18.2 Å². The van der Waals surface area contributed by atoms with E-state index in [9.17, 15) is 9.59 Å². The minimum Gasteiger partial charge on any atom is -0.465 e. The first-order valence-corrected chi connectivity index (χ1v) is 5.61. The van der Waals surface area contributed by atoms with Crippen molar-refractivity contribution in [2.24, 2.45) is 0 Å². The van der Waals surface area contributed by atoms with Gasteiger partial charge in [-0.2, -0.15) is 0 Å². The van der Waals surface area contributed by atoms with Gasteiger partial charge >= 0.3 is 5.97 Å². The van der Waals surface area contributed by atoms with E-state index < -0.39 is 5.97 Å². The molecule has 96 valence electrons. The van der Waals surface area contributed by atoms with Gasteiger partial charge in [0.05, 0.1) is 19.2 Å². The van der Waals surface area contributed by atoms with Gasteiger partial charge in [0.15, 0.2) is 0 Å². The molecule has 0 aromatic heterocycles. The van der Waals surface area contributed by atoms with Crippen molar-refractivity contribution in [2.45, 2.75) is 0 Å². The molecule has 0 bridgehead atoms. The number of hydrogen-bond donors (Lipinski definition) is 2. The van der Waals surface area contributed by atoms with Crippen molar-refractivity contribution in [3.63, 3.8) is 0 Å². The zero-order valence-electron chi connectivity index (χ0n) is 10.1. The summed E-state index contributed by atoms with van der Waals surface area (Å²) in [5.74, 6) is -0.506. The van der Waals surface area contributed by atoms with Crippen molar-refractivity contribution in [1.29, 1.82) is 0 Å². The second-order valence-electron chi connectivity index (χ2n) is 4.03. The number of carbonyl (C=O) groups excluding carboxylic acids is 2. The normalized spacial score (nSPS) is 15.2. The van der Waals surface area contributed by atoms with E-state index in [-0.39, 0.29) is 12.5 Å². The van der Waals surface area contributed by atoms with Crippen LogP contribution < -0.4 is 16.0 Å². The average molecular weight is 249 g/mol. The maximum Gasteiger partial charge on any atom is 0.340 e. The number of carbonyl (C=O) groups is 2. The fraction of sp³-hybridized carbons (Fsp3) is 0.333. The molecule has 6 nitrogen and oxygen atoms in total. The lowest BCUT2D eigenvalue weighted by molar-refractivity contribution is -0.120. The Bertz CT molecular complexity index is 487. The van der Waals surface area contributed by atoms with Crippen LogP contribution in [0.25, 0.3) is 0 Å². The lowest BCUT2D eigenvalue weighted by atomic mass is 10.1. The lowest BCUT2D eigenvalue weighted by Gasteiger charge is -2.29. The molecule has 1 heterocycles. The van der Waals surface area contributed by atoms with Crippen LogP contribution in [0.3, 0.4) is 0 Å². The van der Waals surface area contributed by atoms with E-state index in [4.69, 9.17) is 5.73 Å². The van der Waals surface area contributed by atoms with Crippen LogP contribution in [0.4, 0.5) is 11.4 Å². The Balaban J connectivity index is 2.28. The van der Waals surface area contributed by atoms with Crippen molar-refractivity contribution >= 4 is 23.3 Å².